The topological polar surface area (TPSA) is 44.9 Å². The fourth-order valence-electron chi connectivity index (χ4n) is 2.64. The second kappa shape index (κ2) is 5.97. The van der Waals surface area contributed by atoms with Crippen molar-refractivity contribution in [1.82, 2.24) is 10.3 Å². The first-order chi connectivity index (χ1) is 10.6. The zero-order valence-corrected chi connectivity index (χ0v) is 12.9. The van der Waals surface area contributed by atoms with E-state index >= 15 is 0 Å². The Morgan fingerprint density at radius 2 is 2.05 bits per heavy atom. The average Bonchev–Trinajstić information content (AvgIpc) is 2.88. The van der Waals surface area contributed by atoms with Gasteiger partial charge in [-0.15, -0.1) is 0 Å². The van der Waals surface area contributed by atoms with Gasteiger partial charge in [-0.25, -0.2) is 4.39 Å². The molecule has 1 aromatic heterocycles. The summed E-state index contributed by atoms with van der Waals surface area (Å²) in [5.41, 5.74) is 2.85. The molecule has 2 aromatic carbocycles. The van der Waals surface area contributed by atoms with Crippen LogP contribution in [0.1, 0.15) is 18.4 Å². The molecule has 1 unspecified atom stereocenters. The van der Waals surface area contributed by atoms with Gasteiger partial charge in [-0.1, -0.05) is 23.7 Å². The molecule has 1 amide bonds. The molecule has 2 N–H and O–H groups in total. The van der Waals surface area contributed by atoms with Crippen LogP contribution in [0.3, 0.4) is 0 Å². The Bertz CT molecular complexity index is 843. The van der Waals surface area contributed by atoms with Gasteiger partial charge in [0.05, 0.1) is 5.92 Å². The van der Waals surface area contributed by atoms with Gasteiger partial charge < -0.3 is 10.3 Å². The lowest BCUT2D eigenvalue weighted by atomic mass is 9.98. The Balaban J connectivity index is 1.99. The lowest BCUT2D eigenvalue weighted by Crippen LogP contribution is -2.29. The van der Waals surface area contributed by atoms with Crippen molar-refractivity contribution >= 4 is 39.3 Å². The van der Waals surface area contributed by atoms with E-state index in [4.69, 9.17) is 11.6 Å². The first-order valence-electron chi connectivity index (χ1n) is 7.14. The smallest absolute Gasteiger partial charge is 0.227 e. The molecule has 0 aliphatic rings. The summed E-state index contributed by atoms with van der Waals surface area (Å²) in [6.07, 6.45) is 0. The van der Waals surface area contributed by atoms with Crippen LogP contribution in [0, 0.1) is 0 Å². The largest absolute Gasteiger partial charge is 0.355 e. The van der Waals surface area contributed by atoms with Crippen LogP contribution in [0.4, 0.5) is 4.39 Å². The number of nitrogens with one attached hydrogen (secondary N) is 2. The first-order valence-corrected chi connectivity index (χ1v) is 7.52. The summed E-state index contributed by atoms with van der Waals surface area (Å²) in [4.78, 5) is 15.3. The van der Waals surface area contributed by atoms with Crippen molar-refractivity contribution in [3.8, 4) is 0 Å². The highest BCUT2D eigenvalue weighted by atomic mass is 35.5. The number of rotatable bonds is 4. The van der Waals surface area contributed by atoms with E-state index in [1.165, 1.54) is 0 Å². The Morgan fingerprint density at radius 3 is 2.82 bits per heavy atom. The van der Waals surface area contributed by atoms with Gasteiger partial charge in [-0.05, 0) is 36.8 Å². The van der Waals surface area contributed by atoms with E-state index in [-0.39, 0.29) is 18.4 Å². The molecule has 0 aliphatic heterocycles. The number of halogens is 2. The highest BCUT2D eigenvalue weighted by molar-refractivity contribution is 6.31. The Hall–Kier alpha value is -2.07. The predicted octanol–water partition coefficient (Wildman–Crippen LogP) is 4.16. The van der Waals surface area contributed by atoms with Crippen LogP contribution in [0.2, 0.25) is 5.02 Å². The minimum Gasteiger partial charge on any atom is -0.355 e. The van der Waals surface area contributed by atoms with Crippen LogP contribution in [-0.4, -0.2) is 24.1 Å². The second-order valence-corrected chi connectivity index (χ2v) is 5.76. The number of aromatic amines is 1. The van der Waals surface area contributed by atoms with E-state index in [1.54, 1.807) is 0 Å². The third kappa shape index (κ3) is 2.66. The number of H-pyrrole nitrogens is 1. The van der Waals surface area contributed by atoms with E-state index in [2.05, 4.69) is 10.3 Å². The number of hydrogen-bond donors (Lipinski definition) is 2. The summed E-state index contributed by atoms with van der Waals surface area (Å²) in [7, 11) is 0. The minimum absolute atomic E-state index is 0.0519. The monoisotopic (exact) mass is 318 g/mol. The normalized spacial score (nSPS) is 12.7. The van der Waals surface area contributed by atoms with E-state index in [0.29, 0.717) is 5.02 Å². The van der Waals surface area contributed by atoms with Gasteiger partial charge in [0.2, 0.25) is 5.91 Å². The molecule has 5 heteroatoms. The zero-order chi connectivity index (χ0) is 15.7. The maximum Gasteiger partial charge on any atom is 0.227 e. The zero-order valence-electron chi connectivity index (χ0n) is 12.1. The van der Waals surface area contributed by atoms with Crippen LogP contribution < -0.4 is 5.32 Å². The summed E-state index contributed by atoms with van der Waals surface area (Å²) in [6.45, 7) is 1.31. The van der Waals surface area contributed by atoms with Gasteiger partial charge in [0, 0.05) is 33.4 Å². The molecule has 3 aromatic rings. The molecule has 22 heavy (non-hydrogen) atoms. The Morgan fingerprint density at radius 1 is 1.23 bits per heavy atom. The molecule has 0 saturated heterocycles. The maximum absolute atomic E-state index is 12.1. The molecule has 0 saturated carbocycles. The Labute approximate surface area is 132 Å². The first kappa shape index (κ1) is 14.9. The number of aromatic nitrogens is 1. The molecule has 3 rings (SSSR count). The summed E-state index contributed by atoms with van der Waals surface area (Å²) in [6, 6.07) is 11.6. The third-order valence-electron chi connectivity index (χ3n) is 3.87. The SMILES string of the molecule is CC(C(=O)NCCF)c1ccc2c(c1)[nH]c1ccc(Cl)cc12. The van der Waals surface area contributed by atoms with E-state index < -0.39 is 6.67 Å². The highest BCUT2D eigenvalue weighted by Gasteiger charge is 2.16. The van der Waals surface area contributed by atoms with Crippen LogP contribution in [0.5, 0.6) is 0 Å². The number of benzene rings is 2. The number of alkyl halides is 1. The highest BCUT2D eigenvalue weighted by Crippen LogP contribution is 2.30. The molecule has 0 radical (unpaired) electrons. The fourth-order valence-corrected chi connectivity index (χ4v) is 2.81. The summed E-state index contributed by atoms with van der Waals surface area (Å²) < 4.78 is 12.1. The molecule has 0 bridgehead atoms. The van der Waals surface area contributed by atoms with E-state index in [1.807, 2.05) is 43.3 Å². The van der Waals surface area contributed by atoms with Crippen molar-refractivity contribution in [2.45, 2.75) is 12.8 Å². The number of carbonyl (C=O) groups excluding carboxylic acids is 1. The molecule has 0 aliphatic carbocycles. The van der Waals surface area contributed by atoms with Gasteiger partial charge in [0.1, 0.15) is 6.67 Å². The number of carbonyl (C=O) groups is 1. The van der Waals surface area contributed by atoms with Crippen LogP contribution in [-0.2, 0) is 4.79 Å². The average molecular weight is 319 g/mol. The quantitative estimate of drug-likeness (QED) is 0.745. The molecular formula is C17H16ClFN2O. The van der Waals surface area contributed by atoms with Crippen LogP contribution in [0.15, 0.2) is 36.4 Å². The summed E-state index contributed by atoms with van der Waals surface area (Å²) in [5.74, 6) is -0.498. The number of amides is 1. The predicted molar refractivity (Wildman–Crippen MR) is 88.2 cm³/mol. The minimum atomic E-state index is -0.555. The van der Waals surface area contributed by atoms with Gasteiger partial charge in [0.25, 0.3) is 0 Å². The van der Waals surface area contributed by atoms with E-state index in [9.17, 15) is 9.18 Å². The van der Waals surface area contributed by atoms with Crippen molar-refractivity contribution in [2.24, 2.45) is 0 Å². The lowest BCUT2D eigenvalue weighted by Gasteiger charge is -2.11. The number of hydrogen-bond acceptors (Lipinski definition) is 1. The summed E-state index contributed by atoms with van der Waals surface area (Å²) >= 11 is 6.05. The number of fused-ring (bicyclic) bond motifs is 3. The Kier molecular flexibility index (Phi) is 4.03. The lowest BCUT2D eigenvalue weighted by molar-refractivity contribution is -0.122. The van der Waals surface area contributed by atoms with Gasteiger partial charge >= 0.3 is 0 Å². The molecule has 1 atom stereocenters. The van der Waals surface area contributed by atoms with Crippen molar-refractivity contribution in [3.63, 3.8) is 0 Å². The summed E-state index contributed by atoms with van der Waals surface area (Å²) in [5, 5.41) is 5.39. The van der Waals surface area contributed by atoms with Crippen molar-refractivity contribution in [3.05, 3.63) is 47.0 Å². The molecule has 114 valence electrons. The van der Waals surface area contributed by atoms with Crippen molar-refractivity contribution < 1.29 is 9.18 Å². The molecular weight excluding hydrogens is 303 g/mol. The van der Waals surface area contributed by atoms with Gasteiger partial charge in [0.15, 0.2) is 0 Å². The molecule has 1 heterocycles. The van der Waals surface area contributed by atoms with Crippen molar-refractivity contribution in [2.75, 3.05) is 13.2 Å². The fraction of sp³-hybridized carbons (Fsp3) is 0.235. The van der Waals surface area contributed by atoms with E-state index in [0.717, 1.165) is 27.4 Å². The van der Waals surface area contributed by atoms with Crippen LogP contribution in [0.25, 0.3) is 21.8 Å². The standard InChI is InChI=1S/C17H16ClFN2O/c1-10(17(22)20-7-6-19)11-2-4-13-14-9-12(18)3-5-15(14)21-16(13)8-11/h2-5,8-10,21H,6-7H2,1H3,(H,20,22). The maximum atomic E-state index is 12.1. The molecule has 0 fully saturated rings. The van der Waals surface area contributed by atoms with Gasteiger partial charge in [-0.3, -0.25) is 4.79 Å². The third-order valence-corrected chi connectivity index (χ3v) is 4.11. The van der Waals surface area contributed by atoms with Crippen molar-refractivity contribution in [1.29, 1.82) is 0 Å². The second-order valence-electron chi connectivity index (χ2n) is 5.32. The van der Waals surface area contributed by atoms with Crippen LogP contribution >= 0.6 is 11.6 Å². The molecule has 3 nitrogen and oxygen atoms in total. The van der Waals surface area contributed by atoms with Gasteiger partial charge in [-0.2, -0.15) is 0 Å². The molecule has 0 spiro atoms.